The van der Waals surface area contributed by atoms with Crippen LogP contribution in [-0.2, 0) is 0 Å². The molecule has 0 aliphatic rings. The van der Waals surface area contributed by atoms with E-state index in [1.165, 1.54) is 12.1 Å². The normalized spacial score (nSPS) is 15.6. The van der Waals surface area contributed by atoms with Crippen molar-refractivity contribution in [3.8, 4) is 0 Å². The van der Waals surface area contributed by atoms with Gasteiger partial charge in [-0.1, -0.05) is 26.0 Å². The summed E-state index contributed by atoms with van der Waals surface area (Å²) in [6.45, 7) is 3.76. The zero-order valence-electron chi connectivity index (χ0n) is 8.44. The highest BCUT2D eigenvalue weighted by Gasteiger charge is 2.19. The number of aliphatic hydroxyl groups excluding tert-OH is 1. The molecule has 1 rings (SSSR count). The van der Waals surface area contributed by atoms with Crippen LogP contribution < -0.4 is 5.73 Å². The summed E-state index contributed by atoms with van der Waals surface area (Å²) in [5.74, 6) is -0.262. The molecule has 78 valence electrons. The van der Waals surface area contributed by atoms with E-state index in [2.05, 4.69) is 0 Å². The highest BCUT2D eigenvalue weighted by molar-refractivity contribution is 5.20. The van der Waals surface area contributed by atoms with E-state index >= 15 is 0 Å². The predicted octanol–water partition coefficient (Wildman–Crippen LogP) is 1.84. The van der Waals surface area contributed by atoms with Gasteiger partial charge in [0.15, 0.2) is 0 Å². The molecule has 0 fully saturated rings. The zero-order chi connectivity index (χ0) is 10.7. The van der Waals surface area contributed by atoms with E-state index in [0.717, 1.165) is 0 Å². The van der Waals surface area contributed by atoms with Crippen LogP contribution in [0.15, 0.2) is 24.3 Å². The molecule has 3 N–H and O–H groups in total. The molecule has 0 saturated heterocycles. The van der Waals surface area contributed by atoms with E-state index in [1.54, 1.807) is 12.1 Å². The fraction of sp³-hybridized carbons (Fsp3) is 0.455. The minimum Gasteiger partial charge on any atom is -0.391 e. The highest BCUT2D eigenvalue weighted by Crippen LogP contribution is 2.19. The van der Waals surface area contributed by atoms with Gasteiger partial charge in [0, 0.05) is 0 Å². The number of halogens is 1. The van der Waals surface area contributed by atoms with E-state index in [1.807, 2.05) is 13.8 Å². The Morgan fingerprint density at radius 2 is 2.00 bits per heavy atom. The first kappa shape index (κ1) is 11.1. The maximum absolute atomic E-state index is 12.9. The molecule has 0 aliphatic carbocycles. The Labute approximate surface area is 83.6 Å². The van der Waals surface area contributed by atoms with Crippen molar-refractivity contribution in [2.24, 2.45) is 11.7 Å². The third-order valence-electron chi connectivity index (χ3n) is 2.28. The number of hydrogen-bond donors (Lipinski definition) is 2. The third-order valence-corrected chi connectivity index (χ3v) is 2.28. The minimum absolute atomic E-state index is 0.0632. The first-order valence-corrected chi connectivity index (χ1v) is 4.71. The molecule has 0 aliphatic heterocycles. The van der Waals surface area contributed by atoms with Crippen molar-refractivity contribution in [1.29, 1.82) is 0 Å². The van der Waals surface area contributed by atoms with Gasteiger partial charge in [0.25, 0.3) is 0 Å². The Hall–Kier alpha value is -0.930. The van der Waals surface area contributed by atoms with Crippen molar-refractivity contribution in [2.75, 3.05) is 0 Å². The molecular formula is C11H16FNO. The summed E-state index contributed by atoms with van der Waals surface area (Å²) < 4.78 is 12.9. The molecular weight excluding hydrogens is 181 g/mol. The van der Waals surface area contributed by atoms with Crippen molar-refractivity contribution < 1.29 is 9.50 Å². The Balaban J connectivity index is 2.83. The predicted molar refractivity (Wildman–Crippen MR) is 54.2 cm³/mol. The zero-order valence-corrected chi connectivity index (χ0v) is 8.44. The molecule has 0 spiro atoms. The second kappa shape index (κ2) is 4.53. The van der Waals surface area contributed by atoms with E-state index in [4.69, 9.17) is 5.73 Å². The molecule has 0 aromatic heterocycles. The summed E-state index contributed by atoms with van der Waals surface area (Å²) in [4.78, 5) is 0. The fourth-order valence-electron chi connectivity index (χ4n) is 1.33. The second-order valence-electron chi connectivity index (χ2n) is 3.82. The molecule has 0 bridgehead atoms. The summed E-state index contributed by atoms with van der Waals surface area (Å²) in [6, 6.07) is 5.51. The number of rotatable bonds is 3. The van der Waals surface area contributed by atoms with Crippen molar-refractivity contribution in [1.82, 2.24) is 0 Å². The van der Waals surface area contributed by atoms with Gasteiger partial charge in [-0.3, -0.25) is 0 Å². The average molecular weight is 197 g/mol. The Bertz CT molecular complexity index is 301. The smallest absolute Gasteiger partial charge is 0.123 e. The lowest BCUT2D eigenvalue weighted by Gasteiger charge is -2.22. The standard InChI is InChI=1S/C11H16FNO/c1-7(2)11(14)10(13)8-4-3-5-9(12)6-8/h3-7,10-11,14H,13H2,1-2H3/t10-,11+/m1/s1. The molecule has 2 atom stereocenters. The van der Waals surface area contributed by atoms with Crippen LogP contribution in [-0.4, -0.2) is 11.2 Å². The summed E-state index contributed by atoms with van der Waals surface area (Å²) >= 11 is 0. The van der Waals surface area contributed by atoms with Crippen molar-refractivity contribution in [3.05, 3.63) is 35.6 Å². The maximum atomic E-state index is 12.9. The Morgan fingerprint density at radius 1 is 1.36 bits per heavy atom. The molecule has 0 amide bonds. The van der Waals surface area contributed by atoms with Gasteiger partial charge in [-0.15, -0.1) is 0 Å². The van der Waals surface area contributed by atoms with E-state index in [-0.39, 0.29) is 11.7 Å². The molecule has 0 unspecified atom stereocenters. The lowest BCUT2D eigenvalue weighted by molar-refractivity contribution is 0.0978. The Morgan fingerprint density at radius 3 is 2.50 bits per heavy atom. The van der Waals surface area contributed by atoms with Gasteiger partial charge >= 0.3 is 0 Å². The third kappa shape index (κ3) is 2.53. The van der Waals surface area contributed by atoms with Crippen LogP contribution in [0.5, 0.6) is 0 Å². The summed E-state index contributed by atoms with van der Waals surface area (Å²) in [5, 5.41) is 9.69. The fourth-order valence-corrected chi connectivity index (χ4v) is 1.33. The topological polar surface area (TPSA) is 46.2 Å². The van der Waals surface area contributed by atoms with Crippen molar-refractivity contribution >= 4 is 0 Å². The number of nitrogens with two attached hydrogens (primary N) is 1. The van der Waals surface area contributed by atoms with Crippen molar-refractivity contribution in [3.63, 3.8) is 0 Å². The largest absolute Gasteiger partial charge is 0.391 e. The SMILES string of the molecule is CC(C)[C@H](O)[C@H](N)c1cccc(F)c1. The van der Waals surface area contributed by atoms with Crippen LogP contribution in [0.3, 0.4) is 0 Å². The van der Waals surface area contributed by atoms with E-state index in [9.17, 15) is 9.50 Å². The van der Waals surface area contributed by atoms with Gasteiger partial charge < -0.3 is 10.8 Å². The maximum Gasteiger partial charge on any atom is 0.123 e. The summed E-state index contributed by atoms with van der Waals surface area (Å²) in [5.41, 5.74) is 6.42. The summed E-state index contributed by atoms with van der Waals surface area (Å²) in [6.07, 6.45) is -0.642. The first-order chi connectivity index (χ1) is 6.52. The lowest BCUT2D eigenvalue weighted by atomic mass is 9.94. The molecule has 0 saturated carbocycles. The molecule has 1 aromatic carbocycles. The van der Waals surface area contributed by atoms with Gasteiger partial charge in [0.1, 0.15) is 5.82 Å². The number of hydrogen-bond acceptors (Lipinski definition) is 2. The van der Waals surface area contributed by atoms with Crippen LogP contribution in [0.2, 0.25) is 0 Å². The van der Waals surface area contributed by atoms with Gasteiger partial charge in [0.2, 0.25) is 0 Å². The monoisotopic (exact) mass is 197 g/mol. The number of benzene rings is 1. The van der Waals surface area contributed by atoms with Crippen LogP contribution in [0, 0.1) is 11.7 Å². The average Bonchev–Trinajstić information content (AvgIpc) is 2.15. The van der Waals surface area contributed by atoms with Gasteiger partial charge in [-0.25, -0.2) is 4.39 Å². The van der Waals surface area contributed by atoms with Crippen LogP contribution >= 0.6 is 0 Å². The minimum atomic E-state index is -0.642. The number of aliphatic hydroxyl groups is 1. The first-order valence-electron chi connectivity index (χ1n) is 4.71. The molecule has 0 radical (unpaired) electrons. The van der Waals surface area contributed by atoms with Gasteiger partial charge in [-0.05, 0) is 23.6 Å². The Kier molecular flexibility index (Phi) is 3.61. The molecule has 3 heteroatoms. The van der Waals surface area contributed by atoms with Gasteiger partial charge in [-0.2, -0.15) is 0 Å². The second-order valence-corrected chi connectivity index (χ2v) is 3.82. The van der Waals surface area contributed by atoms with E-state index in [0.29, 0.717) is 5.56 Å². The van der Waals surface area contributed by atoms with Crippen LogP contribution in [0.25, 0.3) is 0 Å². The molecule has 2 nitrogen and oxygen atoms in total. The van der Waals surface area contributed by atoms with Crippen molar-refractivity contribution in [2.45, 2.75) is 26.0 Å². The van der Waals surface area contributed by atoms with E-state index < -0.39 is 12.1 Å². The molecule has 0 heterocycles. The molecule has 14 heavy (non-hydrogen) atoms. The quantitative estimate of drug-likeness (QED) is 0.776. The highest BCUT2D eigenvalue weighted by atomic mass is 19.1. The van der Waals surface area contributed by atoms with Crippen LogP contribution in [0.1, 0.15) is 25.5 Å². The van der Waals surface area contributed by atoms with Crippen LogP contribution in [0.4, 0.5) is 4.39 Å². The lowest BCUT2D eigenvalue weighted by Crippen LogP contribution is -2.30. The molecule has 1 aromatic rings. The van der Waals surface area contributed by atoms with Gasteiger partial charge in [0.05, 0.1) is 12.1 Å². The summed E-state index contributed by atoms with van der Waals surface area (Å²) in [7, 11) is 0.